The maximum atomic E-state index is 13.4. The highest BCUT2D eigenvalue weighted by Crippen LogP contribution is 2.32. The lowest BCUT2D eigenvalue weighted by atomic mass is 10.0. The summed E-state index contributed by atoms with van der Waals surface area (Å²) in [6.07, 6.45) is 4.43. The lowest BCUT2D eigenvalue weighted by Crippen LogP contribution is -2.57. The third-order valence-electron chi connectivity index (χ3n) is 7.01. The summed E-state index contributed by atoms with van der Waals surface area (Å²) in [5, 5.41) is 0.493. The van der Waals surface area contributed by atoms with Crippen molar-refractivity contribution in [2.24, 2.45) is 0 Å². The van der Waals surface area contributed by atoms with E-state index in [0.29, 0.717) is 30.4 Å². The molecule has 2 fully saturated rings. The molecule has 0 saturated carbocycles. The summed E-state index contributed by atoms with van der Waals surface area (Å²) >= 11 is 3.40. The maximum absolute atomic E-state index is 13.4. The lowest BCUT2D eigenvalue weighted by molar-refractivity contribution is -0.134. The number of carbonyl (C=O) groups excluding carboxylic acids is 2. The summed E-state index contributed by atoms with van der Waals surface area (Å²) < 4.78 is 0.794. The van der Waals surface area contributed by atoms with Crippen LogP contribution in [-0.4, -0.2) is 51.8 Å². The Morgan fingerprint density at radius 3 is 2.55 bits per heavy atom. The predicted octanol–water partition coefficient (Wildman–Crippen LogP) is 4.05. The first-order valence-electron chi connectivity index (χ1n) is 11.4. The Kier molecular flexibility index (Phi) is 5.83. The van der Waals surface area contributed by atoms with Gasteiger partial charge in [0, 0.05) is 41.1 Å². The first-order chi connectivity index (χ1) is 15.9. The molecule has 3 heterocycles. The molecule has 2 bridgehead atoms. The molecule has 0 aliphatic carbocycles. The number of carbonyl (C=O) groups is 2. The molecular weight excluding hydrogens is 482 g/mol. The molecule has 0 radical (unpaired) electrons. The van der Waals surface area contributed by atoms with Crippen LogP contribution in [0.25, 0.3) is 10.9 Å². The Bertz CT molecular complexity index is 1290. The van der Waals surface area contributed by atoms with Gasteiger partial charge >= 0.3 is 0 Å². The highest BCUT2D eigenvalue weighted by Gasteiger charge is 2.44. The Balaban J connectivity index is 1.31. The smallest absolute Gasteiger partial charge is 0.259 e. The van der Waals surface area contributed by atoms with Crippen molar-refractivity contribution >= 4 is 38.6 Å². The van der Waals surface area contributed by atoms with Crippen LogP contribution >= 0.6 is 15.9 Å². The molecule has 2 atom stereocenters. The number of nitrogens with one attached hydrogen (secondary N) is 1. The average molecular weight is 508 g/mol. The number of nitrogens with zero attached hydrogens (tertiary/aromatic N) is 2. The Labute approximate surface area is 200 Å². The van der Waals surface area contributed by atoms with E-state index in [9.17, 15) is 14.4 Å². The SMILES string of the molecule is Cc1ccccc1CCC(=O)N1CC2CCC(C1)N2C(=O)c1c[nH]c2ccc(Br)cc2c1=O. The second-order valence-corrected chi connectivity index (χ2v) is 9.96. The summed E-state index contributed by atoms with van der Waals surface area (Å²) in [4.78, 5) is 46.3. The summed E-state index contributed by atoms with van der Waals surface area (Å²) in [6, 6.07) is 13.5. The fraction of sp³-hybridized carbons (Fsp3) is 0.346. The van der Waals surface area contributed by atoms with Crippen LogP contribution in [0, 0.1) is 6.92 Å². The first kappa shape index (κ1) is 21.9. The molecule has 2 unspecified atom stereocenters. The van der Waals surface area contributed by atoms with Crippen molar-refractivity contribution in [1.82, 2.24) is 14.8 Å². The van der Waals surface area contributed by atoms with E-state index >= 15 is 0 Å². The summed E-state index contributed by atoms with van der Waals surface area (Å²) in [7, 11) is 0. The largest absolute Gasteiger partial charge is 0.360 e. The van der Waals surface area contributed by atoms with Gasteiger partial charge in [-0.1, -0.05) is 40.2 Å². The van der Waals surface area contributed by atoms with Crippen LogP contribution in [0.1, 0.15) is 40.7 Å². The molecule has 2 saturated heterocycles. The monoisotopic (exact) mass is 507 g/mol. The summed E-state index contributed by atoms with van der Waals surface area (Å²) in [5.74, 6) is -0.103. The van der Waals surface area contributed by atoms with Gasteiger partial charge in [0.1, 0.15) is 5.56 Å². The highest BCUT2D eigenvalue weighted by molar-refractivity contribution is 9.10. The Hall–Kier alpha value is -2.93. The number of hydrogen-bond acceptors (Lipinski definition) is 3. The van der Waals surface area contributed by atoms with Crippen LogP contribution in [-0.2, 0) is 11.2 Å². The van der Waals surface area contributed by atoms with Gasteiger partial charge in [-0.15, -0.1) is 0 Å². The van der Waals surface area contributed by atoms with E-state index in [2.05, 4.69) is 40.0 Å². The van der Waals surface area contributed by atoms with Gasteiger partial charge in [0.2, 0.25) is 11.3 Å². The van der Waals surface area contributed by atoms with Gasteiger partial charge in [-0.2, -0.15) is 0 Å². The highest BCUT2D eigenvalue weighted by atomic mass is 79.9. The van der Waals surface area contributed by atoms with E-state index in [1.54, 1.807) is 6.07 Å². The molecule has 2 aromatic carbocycles. The number of benzene rings is 2. The van der Waals surface area contributed by atoms with Crippen molar-refractivity contribution in [3.8, 4) is 0 Å². The zero-order chi connectivity index (χ0) is 23.1. The number of amides is 2. The minimum atomic E-state index is -0.258. The van der Waals surface area contributed by atoms with Crippen molar-refractivity contribution in [3.63, 3.8) is 0 Å². The maximum Gasteiger partial charge on any atom is 0.259 e. The molecule has 7 heteroatoms. The van der Waals surface area contributed by atoms with Crippen molar-refractivity contribution in [1.29, 1.82) is 0 Å². The number of hydrogen-bond donors (Lipinski definition) is 1. The normalized spacial score (nSPS) is 19.8. The van der Waals surface area contributed by atoms with Crippen LogP contribution in [0.3, 0.4) is 0 Å². The van der Waals surface area contributed by atoms with E-state index in [1.807, 2.05) is 34.1 Å². The van der Waals surface area contributed by atoms with Crippen LogP contribution in [0.4, 0.5) is 0 Å². The fourth-order valence-electron chi connectivity index (χ4n) is 5.22. The molecular formula is C26H26BrN3O3. The fourth-order valence-corrected chi connectivity index (χ4v) is 5.58. The molecule has 2 aliphatic rings. The van der Waals surface area contributed by atoms with Crippen molar-refractivity contribution in [3.05, 3.63) is 80.0 Å². The van der Waals surface area contributed by atoms with Gasteiger partial charge in [-0.3, -0.25) is 14.4 Å². The average Bonchev–Trinajstić information content (AvgIpc) is 3.07. The number of aromatic nitrogens is 1. The number of likely N-dealkylation sites (tertiary alicyclic amines) is 1. The quantitative estimate of drug-likeness (QED) is 0.578. The van der Waals surface area contributed by atoms with E-state index in [1.165, 1.54) is 17.3 Å². The van der Waals surface area contributed by atoms with Crippen LogP contribution in [0.15, 0.2) is 57.9 Å². The molecule has 33 heavy (non-hydrogen) atoms. The van der Waals surface area contributed by atoms with Crippen LogP contribution in [0.5, 0.6) is 0 Å². The zero-order valence-corrected chi connectivity index (χ0v) is 20.1. The molecule has 2 aliphatic heterocycles. The molecule has 5 rings (SSSR count). The topological polar surface area (TPSA) is 73.5 Å². The minimum Gasteiger partial charge on any atom is -0.360 e. The molecule has 3 aromatic rings. The van der Waals surface area contributed by atoms with Gasteiger partial charge in [0.25, 0.3) is 5.91 Å². The van der Waals surface area contributed by atoms with Gasteiger partial charge < -0.3 is 14.8 Å². The molecule has 6 nitrogen and oxygen atoms in total. The number of fused-ring (bicyclic) bond motifs is 3. The van der Waals surface area contributed by atoms with Crippen molar-refractivity contribution in [2.45, 2.75) is 44.7 Å². The standard InChI is InChI=1S/C26H26BrN3O3/c1-16-4-2-3-5-17(16)6-11-24(31)29-14-19-8-9-20(15-29)30(19)26(33)22-13-28-23-10-7-18(27)12-21(23)25(22)32/h2-5,7,10,12-13,19-20H,6,8-9,11,14-15H2,1H3,(H,28,32). The van der Waals surface area contributed by atoms with E-state index in [4.69, 9.17) is 0 Å². The number of aryl methyl sites for hydroxylation is 2. The van der Waals surface area contributed by atoms with Crippen molar-refractivity contribution < 1.29 is 9.59 Å². The third-order valence-corrected chi connectivity index (χ3v) is 7.51. The predicted molar refractivity (Wildman–Crippen MR) is 131 cm³/mol. The van der Waals surface area contributed by atoms with Gasteiger partial charge in [-0.05, 0) is 55.5 Å². The third kappa shape index (κ3) is 4.10. The van der Waals surface area contributed by atoms with Crippen LogP contribution in [0.2, 0.25) is 0 Å². The van der Waals surface area contributed by atoms with E-state index in [0.717, 1.165) is 23.7 Å². The number of aromatic amines is 1. The summed E-state index contributed by atoms with van der Waals surface area (Å²) in [6.45, 7) is 3.13. The Morgan fingerprint density at radius 2 is 1.82 bits per heavy atom. The molecule has 1 N–H and O–H groups in total. The second kappa shape index (κ2) is 8.78. The summed E-state index contributed by atoms with van der Waals surface area (Å²) in [5.41, 5.74) is 3.01. The number of piperazine rings is 1. The molecule has 170 valence electrons. The van der Waals surface area contributed by atoms with Crippen LogP contribution < -0.4 is 5.43 Å². The van der Waals surface area contributed by atoms with E-state index < -0.39 is 0 Å². The first-order valence-corrected chi connectivity index (χ1v) is 12.2. The second-order valence-electron chi connectivity index (χ2n) is 9.04. The van der Waals surface area contributed by atoms with E-state index in [-0.39, 0.29) is 34.9 Å². The van der Waals surface area contributed by atoms with Gasteiger partial charge in [-0.25, -0.2) is 0 Å². The molecule has 1 aromatic heterocycles. The van der Waals surface area contributed by atoms with Crippen molar-refractivity contribution in [2.75, 3.05) is 13.1 Å². The number of H-pyrrole nitrogens is 1. The number of rotatable bonds is 4. The number of halogens is 1. The minimum absolute atomic E-state index is 0.0451. The molecule has 2 amide bonds. The van der Waals surface area contributed by atoms with Gasteiger partial charge in [0.05, 0.1) is 12.1 Å². The van der Waals surface area contributed by atoms with Gasteiger partial charge in [0.15, 0.2) is 0 Å². The number of pyridine rings is 1. The Morgan fingerprint density at radius 1 is 1.09 bits per heavy atom. The molecule has 0 spiro atoms. The lowest BCUT2D eigenvalue weighted by Gasteiger charge is -2.41. The zero-order valence-electron chi connectivity index (χ0n) is 18.5.